The van der Waals surface area contributed by atoms with Crippen LogP contribution in [0.25, 0.3) is 0 Å². The van der Waals surface area contributed by atoms with Gasteiger partial charge in [0.15, 0.2) is 6.10 Å². The molecule has 1 heterocycles. The zero-order valence-corrected chi connectivity index (χ0v) is 7.61. The number of nitrogens with one attached hydrogen (secondary N) is 1. The van der Waals surface area contributed by atoms with Gasteiger partial charge >= 0.3 is 5.97 Å². The van der Waals surface area contributed by atoms with Crippen molar-refractivity contribution in [1.82, 2.24) is 0 Å². The Morgan fingerprint density at radius 3 is 2.79 bits per heavy atom. The fourth-order valence-electron chi connectivity index (χ4n) is 1.28. The second-order valence-corrected chi connectivity index (χ2v) is 3.08. The van der Waals surface area contributed by atoms with Crippen LogP contribution in [0.1, 0.15) is 17.3 Å². The number of ether oxygens (including phenoxy) is 1. The Kier molecular flexibility index (Phi) is 1.96. The molecular weight excluding hydrogens is 182 g/mol. The van der Waals surface area contributed by atoms with Gasteiger partial charge in [-0.1, -0.05) is 12.1 Å². The molecule has 1 N–H and O–H groups in total. The fourth-order valence-corrected chi connectivity index (χ4v) is 1.28. The largest absolute Gasteiger partial charge is 0.449 e. The van der Waals surface area contributed by atoms with Crippen LogP contribution in [0.15, 0.2) is 24.3 Å². The first-order valence-electron chi connectivity index (χ1n) is 4.29. The van der Waals surface area contributed by atoms with Crippen LogP contribution in [0.3, 0.4) is 0 Å². The highest BCUT2D eigenvalue weighted by Crippen LogP contribution is 2.20. The van der Waals surface area contributed by atoms with Gasteiger partial charge in [-0.3, -0.25) is 4.79 Å². The molecule has 4 heteroatoms. The maximum Gasteiger partial charge on any atom is 0.341 e. The van der Waals surface area contributed by atoms with Crippen molar-refractivity contribution in [3.05, 3.63) is 29.8 Å². The van der Waals surface area contributed by atoms with Crippen LogP contribution in [-0.2, 0) is 9.53 Å². The molecular formula is C10H9NO3. The molecule has 1 aliphatic heterocycles. The standard InChI is InChI=1S/C10H9NO3/c1-6-9(12)11-8-5-3-2-4-7(8)10(13)14-6/h2-6H,1H3,(H,11,12)/t6-/m1/s1. The summed E-state index contributed by atoms with van der Waals surface area (Å²) in [5, 5.41) is 2.62. The number of fused-ring (bicyclic) bond motifs is 1. The number of para-hydroxylation sites is 1. The Bertz CT molecular complexity index is 400. The average molecular weight is 191 g/mol. The van der Waals surface area contributed by atoms with Gasteiger partial charge in [-0.25, -0.2) is 4.79 Å². The molecule has 0 aliphatic carbocycles. The van der Waals surface area contributed by atoms with Crippen LogP contribution in [0.5, 0.6) is 0 Å². The lowest BCUT2D eigenvalue weighted by Gasteiger charge is -2.06. The number of rotatable bonds is 0. The quantitative estimate of drug-likeness (QED) is 0.626. The number of benzene rings is 1. The number of esters is 1. The summed E-state index contributed by atoms with van der Waals surface area (Å²) < 4.78 is 4.90. The van der Waals surface area contributed by atoms with E-state index >= 15 is 0 Å². The summed E-state index contributed by atoms with van der Waals surface area (Å²) in [6.07, 6.45) is -0.741. The second-order valence-electron chi connectivity index (χ2n) is 3.08. The Hall–Kier alpha value is -1.84. The second kappa shape index (κ2) is 3.14. The van der Waals surface area contributed by atoms with Gasteiger partial charge in [0.25, 0.3) is 5.91 Å². The minimum absolute atomic E-state index is 0.302. The van der Waals surface area contributed by atoms with Crippen molar-refractivity contribution >= 4 is 17.6 Å². The van der Waals surface area contributed by atoms with E-state index in [0.717, 1.165) is 0 Å². The van der Waals surface area contributed by atoms with Crippen molar-refractivity contribution in [2.24, 2.45) is 0 Å². The van der Waals surface area contributed by atoms with Gasteiger partial charge < -0.3 is 10.1 Å². The lowest BCUT2D eigenvalue weighted by Crippen LogP contribution is -2.26. The van der Waals surface area contributed by atoms with E-state index in [1.54, 1.807) is 31.2 Å². The summed E-state index contributed by atoms with van der Waals surface area (Å²) >= 11 is 0. The van der Waals surface area contributed by atoms with E-state index in [4.69, 9.17) is 4.74 Å². The minimum Gasteiger partial charge on any atom is -0.449 e. The third-order valence-electron chi connectivity index (χ3n) is 2.06. The summed E-state index contributed by atoms with van der Waals surface area (Å²) in [5.41, 5.74) is 0.900. The molecule has 1 amide bonds. The number of carbonyl (C=O) groups excluding carboxylic acids is 2. The Morgan fingerprint density at radius 1 is 1.29 bits per heavy atom. The molecule has 1 atom stereocenters. The third kappa shape index (κ3) is 1.35. The molecule has 0 spiro atoms. The Morgan fingerprint density at radius 2 is 2.00 bits per heavy atom. The maximum absolute atomic E-state index is 11.4. The normalized spacial score (nSPS) is 20.5. The predicted molar refractivity (Wildman–Crippen MR) is 49.9 cm³/mol. The highest BCUT2D eigenvalue weighted by atomic mass is 16.5. The first-order chi connectivity index (χ1) is 6.68. The number of hydrogen-bond acceptors (Lipinski definition) is 3. The van der Waals surface area contributed by atoms with Crippen molar-refractivity contribution in [3.8, 4) is 0 Å². The van der Waals surface area contributed by atoms with E-state index < -0.39 is 12.1 Å². The topological polar surface area (TPSA) is 55.4 Å². The number of carbonyl (C=O) groups is 2. The van der Waals surface area contributed by atoms with Gasteiger partial charge in [0.05, 0.1) is 11.3 Å². The van der Waals surface area contributed by atoms with Crippen LogP contribution in [0.2, 0.25) is 0 Å². The smallest absolute Gasteiger partial charge is 0.341 e. The first-order valence-corrected chi connectivity index (χ1v) is 4.29. The fraction of sp³-hybridized carbons (Fsp3) is 0.200. The molecule has 14 heavy (non-hydrogen) atoms. The highest BCUT2D eigenvalue weighted by molar-refractivity contribution is 6.06. The van der Waals surface area contributed by atoms with Crippen molar-refractivity contribution in [2.45, 2.75) is 13.0 Å². The van der Waals surface area contributed by atoms with Gasteiger partial charge in [-0.05, 0) is 19.1 Å². The molecule has 0 fully saturated rings. The molecule has 2 rings (SSSR count). The van der Waals surface area contributed by atoms with Crippen molar-refractivity contribution in [3.63, 3.8) is 0 Å². The molecule has 1 aromatic rings. The summed E-state index contributed by atoms with van der Waals surface area (Å²) in [4.78, 5) is 22.8. The van der Waals surface area contributed by atoms with Crippen LogP contribution < -0.4 is 5.32 Å². The lowest BCUT2D eigenvalue weighted by molar-refractivity contribution is -0.123. The summed E-state index contributed by atoms with van der Waals surface area (Å²) in [7, 11) is 0. The molecule has 0 bridgehead atoms. The van der Waals surface area contributed by atoms with E-state index in [1.807, 2.05) is 0 Å². The van der Waals surface area contributed by atoms with Crippen LogP contribution >= 0.6 is 0 Å². The van der Waals surface area contributed by atoms with Crippen LogP contribution in [0, 0.1) is 0 Å². The van der Waals surface area contributed by atoms with E-state index in [0.29, 0.717) is 11.3 Å². The number of cyclic esters (lactones) is 1. The van der Waals surface area contributed by atoms with Crippen molar-refractivity contribution in [2.75, 3.05) is 5.32 Å². The summed E-state index contributed by atoms with van der Waals surface area (Å²) in [5.74, 6) is -0.769. The van der Waals surface area contributed by atoms with E-state index in [2.05, 4.69) is 5.32 Å². The Labute approximate surface area is 80.9 Å². The third-order valence-corrected chi connectivity index (χ3v) is 2.06. The van der Waals surface area contributed by atoms with Crippen LogP contribution in [0.4, 0.5) is 5.69 Å². The van der Waals surface area contributed by atoms with Gasteiger partial charge in [0.2, 0.25) is 0 Å². The SMILES string of the molecule is C[C@H]1OC(=O)c2ccccc2NC1=O. The van der Waals surface area contributed by atoms with Gasteiger partial charge in [-0.15, -0.1) is 0 Å². The van der Waals surface area contributed by atoms with E-state index in [-0.39, 0.29) is 5.91 Å². The van der Waals surface area contributed by atoms with Gasteiger partial charge in [0.1, 0.15) is 0 Å². The monoisotopic (exact) mass is 191 g/mol. The molecule has 72 valence electrons. The molecule has 1 aliphatic rings. The molecule has 0 saturated carbocycles. The molecule has 4 nitrogen and oxygen atoms in total. The van der Waals surface area contributed by atoms with Crippen molar-refractivity contribution < 1.29 is 14.3 Å². The highest BCUT2D eigenvalue weighted by Gasteiger charge is 2.25. The number of hydrogen-bond donors (Lipinski definition) is 1. The zero-order chi connectivity index (χ0) is 10.1. The van der Waals surface area contributed by atoms with Crippen molar-refractivity contribution in [1.29, 1.82) is 0 Å². The molecule has 0 aromatic heterocycles. The minimum atomic E-state index is -0.741. The molecule has 0 unspecified atom stereocenters. The molecule has 0 saturated heterocycles. The maximum atomic E-state index is 11.4. The number of anilines is 1. The van der Waals surface area contributed by atoms with E-state index in [1.165, 1.54) is 0 Å². The predicted octanol–water partition coefficient (Wildman–Crippen LogP) is 1.18. The zero-order valence-electron chi connectivity index (χ0n) is 7.61. The average Bonchev–Trinajstić information content (AvgIpc) is 2.27. The van der Waals surface area contributed by atoms with E-state index in [9.17, 15) is 9.59 Å². The first kappa shape index (κ1) is 8.74. The summed E-state index contributed by atoms with van der Waals surface area (Å²) in [6.45, 7) is 1.54. The number of amides is 1. The summed E-state index contributed by atoms with van der Waals surface area (Å²) in [6, 6.07) is 6.77. The Balaban J connectivity index is 2.48. The van der Waals surface area contributed by atoms with Gasteiger partial charge in [-0.2, -0.15) is 0 Å². The van der Waals surface area contributed by atoms with Crippen LogP contribution in [-0.4, -0.2) is 18.0 Å². The molecule has 0 radical (unpaired) electrons. The van der Waals surface area contributed by atoms with Gasteiger partial charge in [0, 0.05) is 0 Å². The lowest BCUT2D eigenvalue weighted by atomic mass is 10.2. The molecule has 1 aromatic carbocycles.